The zero-order valence-electron chi connectivity index (χ0n) is 20.4. The van der Waals surface area contributed by atoms with Gasteiger partial charge in [0.1, 0.15) is 12.3 Å². The average molecular weight is 531 g/mol. The van der Waals surface area contributed by atoms with Crippen molar-refractivity contribution in [2.24, 2.45) is 0 Å². The fourth-order valence-electron chi connectivity index (χ4n) is 3.41. The number of nitrogens with zero attached hydrogens (tertiary/aromatic N) is 1. The summed E-state index contributed by atoms with van der Waals surface area (Å²) in [6.07, 6.45) is 0. The van der Waals surface area contributed by atoms with Gasteiger partial charge in [0.15, 0.2) is 0 Å². The summed E-state index contributed by atoms with van der Waals surface area (Å²) in [5, 5.41) is 2.98. The number of hydrogen-bond donors (Lipinski definition) is 1. The van der Waals surface area contributed by atoms with Crippen LogP contribution in [0.1, 0.15) is 28.4 Å². The molecule has 3 aromatic carbocycles. The van der Waals surface area contributed by atoms with Crippen molar-refractivity contribution in [3.8, 4) is 5.75 Å². The number of benzene rings is 3. The van der Waals surface area contributed by atoms with Crippen LogP contribution < -0.4 is 14.4 Å². The highest BCUT2D eigenvalue weighted by Gasteiger charge is 2.30. The highest BCUT2D eigenvalue weighted by atomic mass is 35.5. The molecule has 0 spiro atoms. The molecule has 3 rings (SSSR count). The van der Waals surface area contributed by atoms with Crippen LogP contribution in [0.2, 0.25) is 5.02 Å². The molecular weight excluding hydrogens is 504 g/mol. The molecular formula is C26H27ClN2O6S. The van der Waals surface area contributed by atoms with Gasteiger partial charge >= 0.3 is 5.97 Å². The standard InChI is InChI=1S/C26H27ClN2O6S/c1-5-35-26(31)19-9-8-18(3)22(14-19)28-25(30)16-29(23-15-20(27)10-13-24(23)34-4)36(32,33)21-11-6-17(2)7-12-21/h6-15H,5,16H2,1-4H3,(H,28,30). The lowest BCUT2D eigenvalue weighted by Crippen LogP contribution is -2.38. The predicted octanol–water partition coefficient (Wildman–Crippen LogP) is 4.98. The molecule has 8 nitrogen and oxygen atoms in total. The number of rotatable bonds is 9. The molecule has 0 unspecified atom stereocenters. The van der Waals surface area contributed by atoms with Gasteiger partial charge in [0.25, 0.3) is 10.0 Å². The first-order valence-electron chi connectivity index (χ1n) is 11.1. The van der Waals surface area contributed by atoms with E-state index in [2.05, 4.69) is 5.32 Å². The van der Waals surface area contributed by atoms with Crippen LogP contribution in [0.3, 0.4) is 0 Å². The van der Waals surface area contributed by atoms with E-state index in [1.165, 1.54) is 37.4 Å². The van der Waals surface area contributed by atoms with Gasteiger partial charge in [-0.1, -0.05) is 35.4 Å². The van der Waals surface area contributed by atoms with Crippen LogP contribution in [0.4, 0.5) is 11.4 Å². The zero-order valence-corrected chi connectivity index (χ0v) is 21.9. The smallest absolute Gasteiger partial charge is 0.338 e. The topological polar surface area (TPSA) is 102 Å². The molecule has 0 aliphatic heterocycles. The van der Waals surface area contributed by atoms with Crippen molar-refractivity contribution in [1.29, 1.82) is 0 Å². The van der Waals surface area contributed by atoms with E-state index >= 15 is 0 Å². The Hall–Kier alpha value is -3.56. The molecule has 0 fully saturated rings. The number of anilines is 2. The van der Waals surface area contributed by atoms with Crippen molar-refractivity contribution in [2.45, 2.75) is 25.7 Å². The van der Waals surface area contributed by atoms with Crippen molar-refractivity contribution >= 4 is 44.9 Å². The lowest BCUT2D eigenvalue weighted by molar-refractivity contribution is -0.114. The second-order valence-electron chi connectivity index (χ2n) is 7.94. The van der Waals surface area contributed by atoms with Gasteiger partial charge in [-0.3, -0.25) is 9.10 Å². The molecule has 190 valence electrons. The fraction of sp³-hybridized carbons (Fsp3) is 0.231. The Morgan fingerprint density at radius 2 is 1.69 bits per heavy atom. The third-order valence-electron chi connectivity index (χ3n) is 5.33. The minimum absolute atomic E-state index is 0.00316. The third kappa shape index (κ3) is 6.16. The number of hydrogen-bond acceptors (Lipinski definition) is 6. The highest BCUT2D eigenvalue weighted by Crippen LogP contribution is 2.35. The number of esters is 1. The number of sulfonamides is 1. The van der Waals surface area contributed by atoms with Crippen LogP contribution in [-0.4, -0.2) is 40.6 Å². The van der Waals surface area contributed by atoms with Crippen molar-refractivity contribution in [1.82, 2.24) is 0 Å². The van der Waals surface area contributed by atoms with Gasteiger partial charge in [-0.05, 0) is 68.8 Å². The second kappa shape index (κ2) is 11.5. The molecule has 10 heteroatoms. The molecule has 0 saturated carbocycles. The highest BCUT2D eigenvalue weighted by molar-refractivity contribution is 7.92. The quantitative estimate of drug-likeness (QED) is 0.392. The first-order valence-corrected chi connectivity index (χ1v) is 12.9. The fourth-order valence-corrected chi connectivity index (χ4v) is 5.00. The van der Waals surface area contributed by atoms with E-state index in [1.54, 1.807) is 44.2 Å². The van der Waals surface area contributed by atoms with Gasteiger partial charge < -0.3 is 14.8 Å². The number of halogens is 1. The number of carbonyl (C=O) groups is 2. The van der Waals surface area contributed by atoms with E-state index < -0.39 is 28.4 Å². The number of carbonyl (C=O) groups excluding carboxylic acids is 2. The molecule has 1 N–H and O–H groups in total. The molecule has 0 heterocycles. The average Bonchev–Trinajstić information content (AvgIpc) is 2.84. The Morgan fingerprint density at radius 1 is 1.00 bits per heavy atom. The van der Waals surface area contributed by atoms with Crippen molar-refractivity contribution in [3.05, 3.63) is 82.4 Å². The van der Waals surface area contributed by atoms with Crippen molar-refractivity contribution in [3.63, 3.8) is 0 Å². The number of methoxy groups -OCH3 is 1. The summed E-state index contributed by atoms with van der Waals surface area (Å²) >= 11 is 6.17. The molecule has 0 aliphatic rings. The normalized spacial score (nSPS) is 11.0. The summed E-state index contributed by atoms with van der Waals surface area (Å²) in [6, 6.07) is 15.5. The summed E-state index contributed by atoms with van der Waals surface area (Å²) in [4.78, 5) is 25.3. The Kier molecular flexibility index (Phi) is 8.60. The van der Waals surface area contributed by atoms with Crippen LogP contribution in [0.15, 0.2) is 65.6 Å². The van der Waals surface area contributed by atoms with Crippen LogP contribution >= 0.6 is 11.6 Å². The summed E-state index contributed by atoms with van der Waals surface area (Å²) < 4.78 is 38.7. The summed E-state index contributed by atoms with van der Waals surface area (Å²) in [5.41, 5.74) is 2.30. The summed E-state index contributed by atoms with van der Waals surface area (Å²) in [5.74, 6) is -0.930. The van der Waals surface area contributed by atoms with Gasteiger partial charge in [0.2, 0.25) is 5.91 Å². The SMILES string of the molecule is CCOC(=O)c1ccc(C)c(NC(=O)CN(c2cc(Cl)ccc2OC)S(=O)(=O)c2ccc(C)cc2)c1. The van der Waals surface area contributed by atoms with E-state index in [-0.39, 0.29) is 33.5 Å². The first-order chi connectivity index (χ1) is 17.1. The van der Waals surface area contributed by atoms with Crippen LogP contribution in [0.25, 0.3) is 0 Å². The van der Waals surface area contributed by atoms with Crippen molar-refractivity contribution < 1.29 is 27.5 Å². The van der Waals surface area contributed by atoms with Gasteiger partial charge in [-0.25, -0.2) is 13.2 Å². The maximum absolute atomic E-state index is 13.7. The van der Waals surface area contributed by atoms with Crippen LogP contribution in [0.5, 0.6) is 5.75 Å². The number of nitrogens with one attached hydrogen (secondary N) is 1. The van der Waals surface area contributed by atoms with Gasteiger partial charge in [0.05, 0.1) is 29.9 Å². The number of ether oxygens (including phenoxy) is 2. The van der Waals surface area contributed by atoms with Crippen LogP contribution in [-0.2, 0) is 19.6 Å². The predicted molar refractivity (Wildman–Crippen MR) is 139 cm³/mol. The maximum atomic E-state index is 13.7. The Labute approximate surface area is 215 Å². The minimum Gasteiger partial charge on any atom is -0.495 e. The van der Waals surface area contributed by atoms with E-state index in [0.717, 1.165) is 9.87 Å². The Bertz CT molecular complexity index is 1370. The summed E-state index contributed by atoms with van der Waals surface area (Å²) in [6.45, 7) is 4.93. The molecule has 0 saturated heterocycles. The van der Waals surface area contributed by atoms with Gasteiger partial charge in [0, 0.05) is 10.7 Å². The lowest BCUT2D eigenvalue weighted by Gasteiger charge is -2.26. The minimum atomic E-state index is -4.19. The second-order valence-corrected chi connectivity index (χ2v) is 10.2. The molecule has 0 radical (unpaired) electrons. The number of aryl methyl sites for hydroxylation is 2. The van der Waals surface area contributed by atoms with E-state index in [0.29, 0.717) is 11.3 Å². The molecule has 3 aromatic rings. The monoisotopic (exact) mass is 530 g/mol. The molecule has 0 atom stereocenters. The Balaban J connectivity index is 2.00. The van der Waals surface area contributed by atoms with Gasteiger partial charge in [-0.2, -0.15) is 0 Å². The lowest BCUT2D eigenvalue weighted by atomic mass is 10.1. The van der Waals surface area contributed by atoms with Crippen molar-refractivity contribution in [2.75, 3.05) is 29.9 Å². The van der Waals surface area contributed by atoms with E-state index in [9.17, 15) is 18.0 Å². The molecule has 0 aromatic heterocycles. The zero-order chi connectivity index (χ0) is 26.5. The van der Waals surface area contributed by atoms with E-state index in [1.807, 2.05) is 6.92 Å². The first kappa shape index (κ1) is 27.0. The molecule has 1 amide bonds. The summed E-state index contributed by atoms with van der Waals surface area (Å²) in [7, 11) is -2.79. The number of amides is 1. The Morgan fingerprint density at radius 3 is 2.33 bits per heavy atom. The van der Waals surface area contributed by atoms with Gasteiger partial charge in [-0.15, -0.1) is 0 Å². The molecule has 0 bridgehead atoms. The molecule has 0 aliphatic carbocycles. The van der Waals surface area contributed by atoms with E-state index in [4.69, 9.17) is 21.1 Å². The maximum Gasteiger partial charge on any atom is 0.338 e. The third-order valence-corrected chi connectivity index (χ3v) is 7.34. The largest absolute Gasteiger partial charge is 0.495 e. The van der Waals surface area contributed by atoms with Crippen LogP contribution in [0, 0.1) is 13.8 Å². The molecule has 36 heavy (non-hydrogen) atoms.